The molecule has 0 heterocycles. The van der Waals surface area contributed by atoms with Crippen molar-refractivity contribution in [3.05, 3.63) is 0 Å². The molecule has 0 radical (unpaired) electrons. The predicted molar refractivity (Wildman–Crippen MR) is 52.4 cm³/mol. The molecule has 1 aliphatic rings. The summed E-state index contributed by atoms with van der Waals surface area (Å²) in [5, 5.41) is 0. The van der Waals surface area contributed by atoms with Crippen LogP contribution in [0.4, 0.5) is 0 Å². The van der Waals surface area contributed by atoms with Crippen LogP contribution in [0.25, 0.3) is 0 Å². The molecule has 0 N–H and O–H groups in total. The van der Waals surface area contributed by atoms with Gasteiger partial charge in [0.2, 0.25) is 0 Å². The number of carbonyl (C=O) groups is 1. The van der Waals surface area contributed by atoms with Crippen LogP contribution in [-0.4, -0.2) is 11.6 Å². The van der Waals surface area contributed by atoms with E-state index in [1.165, 1.54) is 39.0 Å². The van der Waals surface area contributed by atoms with Crippen molar-refractivity contribution in [1.29, 1.82) is 0 Å². The van der Waals surface area contributed by atoms with Gasteiger partial charge in [-0.15, -0.1) is 0 Å². The van der Waals surface area contributed by atoms with Gasteiger partial charge in [-0.05, 0) is 32.6 Å². The summed E-state index contributed by atoms with van der Waals surface area (Å²) in [5.74, 6) is 0.403. The molecule has 0 aromatic heterocycles. The van der Waals surface area contributed by atoms with E-state index in [-0.39, 0.29) is 11.6 Å². The highest BCUT2D eigenvalue weighted by Crippen LogP contribution is 2.34. The van der Waals surface area contributed by atoms with E-state index in [0.29, 0.717) is 5.92 Å². The van der Waals surface area contributed by atoms with Crippen LogP contribution in [0.5, 0.6) is 0 Å². The Kier molecular flexibility index (Phi) is 3.34. The number of carbonyl (C=O) groups excluding carboxylic acids is 1. The number of hydrogen-bond acceptors (Lipinski definition) is 2. The van der Waals surface area contributed by atoms with Crippen LogP contribution in [-0.2, 0) is 9.53 Å². The third-order valence-electron chi connectivity index (χ3n) is 3.00. The van der Waals surface area contributed by atoms with Gasteiger partial charge in [0.15, 0.2) is 0 Å². The topological polar surface area (TPSA) is 26.3 Å². The van der Waals surface area contributed by atoms with Crippen molar-refractivity contribution >= 4 is 5.97 Å². The Balaban J connectivity index is 2.50. The van der Waals surface area contributed by atoms with E-state index in [1.54, 1.807) is 0 Å². The molecule has 0 aromatic rings. The van der Waals surface area contributed by atoms with E-state index in [0.717, 1.165) is 0 Å². The minimum atomic E-state index is -0.258. The van der Waals surface area contributed by atoms with Crippen LogP contribution in [0, 0.1) is 5.92 Å². The van der Waals surface area contributed by atoms with Crippen molar-refractivity contribution in [2.45, 2.75) is 58.5 Å². The molecule has 1 saturated carbocycles. The second-order valence-corrected chi connectivity index (χ2v) is 4.53. The maximum Gasteiger partial charge on any atom is 0.303 e. The fourth-order valence-electron chi connectivity index (χ4n) is 2.25. The summed E-state index contributed by atoms with van der Waals surface area (Å²) < 4.78 is 5.34. The summed E-state index contributed by atoms with van der Waals surface area (Å²) in [6.07, 6.45) is 6.33. The van der Waals surface area contributed by atoms with Crippen molar-refractivity contribution in [3.8, 4) is 0 Å². The van der Waals surface area contributed by atoms with E-state index >= 15 is 0 Å². The number of ether oxygens (including phenoxy) is 1. The van der Waals surface area contributed by atoms with Crippen molar-refractivity contribution in [3.63, 3.8) is 0 Å². The molecule has 1 rings (SSSR count). The van der Waals surface area contributed by atoms with Gasteiger partial charge in [-0.3, -0.25) is 4.79 Å². The fourth-order valence-corrected chi connectivity index (χ4v) is 2.25. The summed E-state index contributed by atoms with van der Waals surface area (Å²) in [7, 11) is 0. The molecular weight excluding hydrogens is 164 g/mol. The average molecular weight is 184 g/mol. The van der Waals surface area contributed by atoms with E-state index in [9.17, 15) is 4.79 Å². The van der Waals surface area contributed by atoms with Crippen LogP contribution in [0.3, 0.4) is 0 Å². The highest BCUT2D eigenvalue weighted by molar-refractivity contribution is 5.66. The smallest absolute Gasteiger partial charge is 0.303 e. The van der Waals surface area contributed by atoms with Crippen LogP contribution in [0.1, 0.15) is 52.9 Å². The SMILES string of the molecule is CC(=O)OC(C)(C)C1CCCCC1. The fraction of sp³-hybridized carbons (Fsp3) is 0.909. The maximum absolute atomic E-state index is 10.9. The van der Waals surface area contributed by atoms with Crippen LogP contribution < -0.4 is 0 Å². The lowest BCUT2D eigenvalue weighted by atomic mass is 9.79. The molecule has 0 saturated heterocycles. The van der Waals surface area contributed by atoms with Gasteiger partial charge in [0, 0.05) is 6.92 Å². The normalized spacial score (nSPS) is 19.9. The van der Waals surface area contributed by atoms with E-state index in [2.05, 4.69) is 0 Å². The number of hydrogen-bond donors (Lipinski definition) is 0. The van der Waals surface area contributed by atoms with Gasteiger partial charge in [-0.1, -0.05) is 19.3 Å². The lowest BCUT2D eigenvalue weighted by Gasteiger charge is -2.36. The Morgan fingerprint density at radius 3 is 2.23 bits per heavy atom. The minimum absolute atomic E-state index is 0.157. The summed E-state index contributed by atoms with van der Waals surface area (Å²) >= 11 is 0. The second-order valence-electron chi connectivity index (χ2n) is 4.53. The van der Waals surface area contributed by atoms with Gasteiger partial charge >= 0.3 is 5.97 Å². The first-order valence-corrected chi connectivity index (χ1v) is 5.22. The average Bonchev–Trinajstić information content (AvgIpc) is 2.04. The molecule has 0 aromatic carbocycles. The van der Waals surface area contributed by atoms with Crippen molar-refractivity contribution in [2.75, 3.05) is 0 Å². The molecule has 13 heavy (non-hydrogen) atoms. The summed E-state index contributed by atoms with van der Waals surface area (Å²) in [6, 6.07) is 0. The van der Waals surface area contributed by atoms with Crippen LogP contribution in [0.2, 0.25) is 0 Å². The molecule has 1 aliphatic carbocycles. The molecular formula is C11H20O2. The van der Waals surface area contributed by atoms with Gasteiger partial charge in [0.25, 0.3) is 0 Å². The highest BCUT2D eigenvalue weighted by atomic mass is 16.6. The molecule has 0 atom stereocenters. The lowest BCUT2D eigenvalue weighted by molar-refractivity contribution is -0.160. The standard InChI is InChI=1S/C11H20O2/c1-9(12)13-11(2,3)10-7-5-4-6-8-10/h10H,4-8H2,1-3H3. The molecule has 0 unspecified atom stereocenters. The maximum atomic E-state index is 10.9. The zero-order chi connectivity index (χ0) is 9.90. The molecule has 0 bridgehead atoms. The second kappa shape index (κ2) is 4.12. The van der Waals surface area contributed by atoms with Gasteiger partial charge < -0.3 is 4.74 Å². The summed E-state index contributed by atoms with van der Waals surface area (Å²) in [6.45, 7) is 5.55. The van der Waals surface area contributed by atoms with Crippen molar-refractivity contribution in [2.24, 2.45) is 5.92 Å². The molecule has 0 spiro atoms. The first-order chi connectivity index (χ1) is 6.02. The third-order valence-corrected chi connectivity index (χ3v) is 3.00. The summed E-state index contributed by atoms with van der Waals surface area (Å²) in [4.78, 5) is 10.9. The van der Waals surface area contributed by atoms with Gasteiger partial charge in [0.1, 0.15) is 5.60 Å². The Bertz CT molecular complexity index is 179. The Morgan fingerprint density at radius 1 is 1.23 bits per heavy atom. The minimum Gasteiger partial charge on any atom is -0.460 e. The summed E-state index contributed by atoms with van der Waals surface area (Å²) in [5.41, 5.74) is -0.258. The zero-order valence-electron chi connectivity index (χ0n) is 8.93. The van der Waals surface area contributed by atoms with Crippen molar-refractivity contribution < 1.29 is 9.53 Å². The zero-order valence-corrected chi connectivity index (χ0v) is 8.93. The first kappa shape index (κ1) is 10.6. The largest absolute Gasteiger partial charge is 0.460 e. The molecule has 0 amide bonds. The number of esters is 1. The molecule has 0 aliphatic heterocycles. The first-order valence-electron chi connectivity index (χ1n) is 5.22. The van der Waals surface area contributed by atoms with E-state index in [4.69, 9.17) is 4.74 Å². The third kappa shape index (κ3) is 3.02. The molecule has 2 heteroatoms. The quantitative estimate of drug-likeness (QED) is 0.617. The van der Waals surface area contributed by atoms with Gasteiger partial charge in [-0.25, -0.2) is 0 Å². The predicted octanol–water partition coefficient (Wildman–Crippen LogP) is 2.91. The highest BCUT2D eigenvalue weighted by Gasteiger charge is 2.33. The van der Waals surface area contributed by atoms with Crippen LogP contribution >= 0.6 is 0 Å². The molecule has 76 valence electrons. The molecule has 1 fully saturated rings. The van der Waals surface area contributed by atoms with Crippen molar-refractivity contribution in [1.82, 2.24) is 0 Å². The molecule has 2 nitrogen and oxygen atoms in total. The Labute approximate surface area is 80.7 Å². The Hall–Kier alpha value is -0.530. The lowest BCUT2D eigenvalue weighted by Crippen LogP contribution is -2.37. The van der Waals surface area contributed by atoms with E-state index < -0.39 is 0 Å². The van der Waals surface area contributed by atoms with Crippen LogP contribution in [0.15, 0.2) is 0 Å². The van der Waals surface area contributed by atoms with Gasteiger partial charge in [-0.2, -0.15) is 0 Å². The Morgan fingerprint density at radius 2 is 1.77 bits per heavy atom. The van der Waals surface area contributed by atoms with E-state index in [1.807, 2.05) is 13.8 Å². The van der Waals surface area contributed by atoms with Gasteiger partial charge in [0.05, 0.1) is 0 Å². The number of rotatable bonds is 2. The monoisotopic (exact) mass is 184 g/mol.